The van der Waals surface area contributed by atoms with Gasteiger partial charge in [-0.25, -0.2) is 4.98 Å². The molecule has 5 heteroatoms. The zero-order valence-corrected chi connectivity index (χ0v) is 14.4. The van der Waals surface area contributed by atoms with Crippen LogP contribution in [0.15, 0.2) is 5.38 Å². The van der Waals surface area contributed by atoms with Gasteiger partial charge in [0.2, 0.25) is 0 Å². The van der Waals surface area contributed by atoms with Crippen LogP contribution in [0.2, 0.25) is 0 Å². The molecule has 0 aromatic carbocycles. The molecule has 0 amide bonds. The maximum absolute atomic E-state index is 10.8. The normalized spacial score (nSPS) is 11.6. The Labute approximate surface area is 126 Å². The standard InChI is InChI=1S/C8H16O2.C7H11NOS/c1-5-6-7(9)10-8(2,3)4;1-5-8-6(4-10-5)7(2,3)9/h5-6H2,1-4H3;4,9H,1-3H3. The van der Waals surface area contributed by atoms with E-state index in [2.05, 4.69) is 4.98 Å². The van der Waals surface area contributed by atoms with Crippen molar-refractivity contribution in [1.29, 1.82) is 0 Å². The Balaban J connectivity index is 0.000000361. The average molecular weight is 301 g/mol. The summed E-state index contributed by atoms with van der Waals surface area (Å²) < 4.78 is 5.04. The van der Waals surface area contributed by atoms with Gasteiger partial charge in [-0.05, 0) is 48.0 Å². The van der Waals surface area contributed by atoms with Crippen molar-refractivity contribution in [2.45, 2.75) is 72.5 Å². The van der Waals surface area contributed by atoms with Crippen LogP contribution in [0.25, 0.3) is 0 Å². The molecule has 1 aromatic rings. The number of carbonyl (C=O) groups excluding carboxylic acids is 1. The molecule has 116 valence electrons. The van der Waals surface area contributed by atoms with Gasteiger partial charge in [0.05, 0.1) is 10.7 Å². The second-order valence-electron chi connectivity index (χ2n) is 6.15. The highest BCUT2D eigenvalue weighted by Crippen LogP contribution is 2.20. The van der Waals surface area contributed by atoms with Gasteiger partial charge in [-0.2, -0.15) is 0 Å². The minimum atomic E-state index is -0.787. The number of hydrogen-bond donors (Lipinski definition) is 1. The Morgan fingerprint density at radius 1 is 1.35 bits per heavy atom. The summed E-state index contributed by atoms with van der Waals surface area (Å²) in [5, 5.41) is 12.3. The lowest BCUT2D eigenvalue weighted by atomic mass is 10.1. The molecule has 0 spiro atoms. The van der Waals surface area contributed by atoms with Crippen LogP contribution < -0.4 is 0 Å². The van der Waals surface area contributed by atoms with Crippen molar-refractivity contribution in [3.8, 4) is 0 Å². The van der Waals surface area contributed by atoms with Crippen molar-refractivity contribution in [3.05, 3.63) is 16.1 Å². The van der Waals surface area contributed by atoms with Crippen molar-refractivity contribution in [3.63, 3.8) is 0 Å². The first-order valence-electron chi connectivity index (χ1n) is 6.82. The van der Waals surface area contributed by atoms with Gasteiger partial charge in [-0.1, -0.05) is 6.92 Å². The minimum absolute atomic E-state index is 0.102. The van der Waals surface area contributed by atoms with Gasteiger partial charge in [0.25, 0.3) is 0 Å². The SMILES string of the molecule is CCCC(=O)OC(C)(C)C.Cc1nc(C(C)(C)O)cs1. The largest absolute Gasteiger partial charge is 0.460 e. The zero-order chi connectivity index (χ0) is 16.0. The number of rotatable bonds is 3. The molecule has 0 aliphatic heterocycles. The first-order chi connectivity index (χ1) is 8.95. The third-order valence-corrected chi connectivity index (χ3v) is 2.89. The summed E-state index contributed by atoms with van der Waals surface area (Å²) in [5.41, 5.74) is -0.355. The Bertz CT molecular complexity index is 413. The van der Waals surface area contributed by atoms with E-state index in [4.69, 9.17) is 4.74 Å². The maximum atomic E-state index is 10.8. The highest BCUT2D eigenvalue weighted by molar-refractivity contribution is 7.09. The fourth-order valence-corrected chi connectivity index (χ4v) is 2.02. The van der Waals surface area contributed by atoms with Gasteiger partial charge in [-0.15, -0.1) is 11.3 Å². The molecule has 4 nitrogen and oxygen atoms in total. The molecule has 0 aliphatic carbocycles. The van der Waals surface area contributed by atoms with Gasteiger partial charge in [-0.3, -0.25) is 4.79 Å². The van der Waals surface area contributed by atoms with E-state index in [0.29, 0.717) is 6.42 Å². The zero-order valence-electron chi connectivity index (χ0n) is 13.6. The quantitative estimate of drug-likeness (QED) is 0.863. The molecule has 1 heterocycles. The van der Waals surface area contributed by atoms with Crippen molar-refractivity contribution in [2.24, 2.45) is 0 Å². The first kappa shape index (κ1) is 19.1. The van der Waals surface area contributed by atoms with E-state index in [1.165, 1.54) is 0 Å². The van der Waals surface area contributed by atoms with Crippen molar-refractivity contribution in [2.75, 3.05) is 0 Å². The van der Waals surface area contributed by atoms with Crippen molar-refractivity contribution < 1.29 is 14.6 Å². The summed E-state index contributed by atoms with van der Waals surface area (Å²) in [5.74, 6) is -0.102. The molecule has 1 N–H and O–H groups in total. The Kier molecular flexibility index (Phi) is 7.38. The molecule has 0 radical (unpaired) electrons. The molecule has 1 rings (SSSR count). The molecule has 0 aliphatic rings. The summed E-state index contributed by atoms with van der Waals surface area (Å²) >= 11 is 1.56. The molecule has 20 heavy (non-hydrogen) atoms. The third kappa shape index (κ3) is 9.04. The molecule has 0 saturated carbocycles. The minimum Gasteiger partial charge on any atom is -0.460 e. The van der Waals surface area contributed by atoms with Crippen LogP contribution in [0.1, 0.15) is 65.1 Å². The summed E-state index contributed by atoms with van der Waals surface area (Å²) in [6, 6.07) is 0. The molecule has 0 bridgehead atoms. The van der Waals surface area contributed by atoms with Crippen LogP contribution >= 0.6 is 11.3 Å². The average Bonchev–Trinajstić information content (AvgIpc) is 2.62. The summed E-state index contributed by atoms with van der Waals surface area (Å²) in [6.45, 7) is 13.0. The fourth-order valence-electron chi connectivity index (χ4n) is 1.24. The summed E-state index contributed by atoms with van der Waals surface area (Å²) in [4.78, 5) is 15.0. The van der Waals surface area contributed by atoms with Gasteiger partial charge >= 0.3 is 5.97 Å². The molecule has 1 aromatic heterocycles. The molecule has 0 unspecified atom stereocenters. The van der Waals surface area contributed by atoms with Gasteiger partial charge in [0, 0.05) is 11.8 Å². The topological polar surface area (TPSA) is 59.4 Å². The van der Waals surface area contributed by atoms with Gasteiger partial charge in [0.15, 0.2) is 0 Å². The second kappa shape index (κ2) is 7.74. The predicted molar refractivity (Wildman–Crippen MR) is 82.8 cm³/mol. The van der Waals surface area contributed by atoms with E-state index in [0.717, 1.165) is 17.1 Å². The maximum Gasteiger partial charge on any atom is 0.306 e. The lowest BCUT2D eigenvalue weighted by molar-refractivity contribution is -0.154. The Hall–Kier alpha value is -0.940. The fraction of sp³-hybridized carbons (Fsp3) is 0.733. The van der Waals surface area contributed by atoms with Crippen LogP contribution in [-0.2, 0) is 15.1 Å². The number of hydrogen-bond acceptors (Lipinski definition) is 5. The van der Waals surface area contributed by atoms with E-state index < -0.39 is 5.60 Å². The van der Waals surface area contributed by atoms with Crippen molar-refractivity contribution in [1.82, 2.24) is 4.98 Å². The smallest absolute Gasteiger partial charge is 0.306 e. The van der Waals surface area contributed by atoms with E-state index in [9.17, 15) is 9.90 Å². The van der Waals surface area contributed by atoms with E-state index in [1.54, 1.807) is 25.2 Å². The van der Waals surface area contributed by atoms with Crippen LogP contribution in [0.5, 0.6) is 0 Å². The summed E-state index contributed by atoms with van der Waals surface area (Å²) in [7, 11) is 0. The van der Waals surface area contributed by atoms with Gasteiger partial charge < -0.3 is 9.84 Å². The molecule has 0 fully saturated rings. The van der Waals surface area contributed by atoms with E-state index >= 15 is 0 Å². The number of ether oxygens (including phenoxy) is 1. The number of aromatic nitrogens is 1. The lowest BCUT2D eigenvalue weighted by Crippen LogP contribution is -2.23. The second-order valence-corrected chi connectivity index (χ2v) is 7.21. The van der Waals surface area contributed by atoms with E-state index in [-0.39, 0.29) is 11.6 Å². The van der Waals surface area contributed by atoms with Crippen molar-refractivity contribution >= 4 is 17.3 Å². The van der Waals surface area contributed by atoms with Crippen LogP contribution in [0.3, 0.4) is 0 Å². The number of aliphatic hydroxyl groups is 1. The molecule has 0 atom stereocenters. The Morgan fingerprint density at radius 3 is 2.15 bits per heavy atom. The number of aryl methyl sites for hydroxylation is 1. The van der Waals surface area contributed by atoms with Crippen LogP contribution in [0.4, 0.5) is 0 Å². The van der Waals surface area contributed by atoms with Crippen LogP contribution in [-0.4, -0.2) is 21.7 Å². The van der Waals surface area contributed by atoms with E-state index in [1.807, 2.05) is 40.0 Å². The highest BCUT2D eigenvalue weighted by Gasteiger charge is 2.18. The number of carbonyl (C=O) groups is 1. The van der Waals surface area contributed by atoms with Gasteiger partial charge in [0.1, 0.15) is 11.2 Å². The molecular formula is C15H27NO3S. The number of esters is 1. The Morgan fingerprint density at radius 2 is 1.90 bits per heavy atom. The molecular weight excluding hydrogens is 274 g/mol. The third-order valence-electron chi connectivity index (χ3n) is 2.12. The summed E-state index contributed by atoms with van der Waals surface area (Å²) in [6.07, 6.45) is 1.38. The lowest BCUT2D eigenvalue weighted by Gasteiger charge is -2.18. The number of thiazole rings is 1. The van der Waals surface area contributed by atoms with Crippen LogP contribution in [0, 0.1) is 6.92 Å². The molecule has 0 saturated heterocycles. The predicted octanol–water partition coefficient (Wildman–Crippen LogP) is 3.81. The number of nitrogens with zero attached hydrogens (tertiary/aromatic N) is 1. The first-order valence-corrected chi connectivity index (χ1v) is 7.70. The monoisotopic (exact) mass is 301 g/mol. The highest BCUT2D eigenvalue weighted by atomic mass is 32.1.